The van der Waals surface area contributed by atoms with Crippen LogP contribution in [-0.2, 0) is 20.1 Å². The zero-order valence-electron chi connectivity index (χ0n) is 17.3. The largest absolute Gasteiger partial charge is 0.343 e. The van der Waals surface area contributed by atoms with Crippen LogP contribution in [-0.4, -0.2) is 0 Å². The summed E-state index contributed by atoms with van der Waals surface area (Å²) in [6, 6.07) is 29.7. The molecule has 2 nitrogen and oxygen atoms in total. The number of hydrogen-bond acceptors (Lipinski definition) is 1. The fraction of sp³-hybridized carbons (Fsp3) is 0.0741. The van der Waals surface area contributed by atoms with Crippen molar-refractivity contribution in [1.82, 2.24) is 0 Å². The molecule has 3 heteroatoms. The van der Waals surface area contributed by atoms with E-state index in [0.717, 1.165) is 33.9 Å². The van der Waals surface area contributed by atoms with Crippen LogP contribution in [0, 0.1) is 27.8 Å². The van der Waals surface area contributed by atoms with Crippen LogP contribution in [0.25, 0.3) is 11.3 Å². The minimum atomic E-state index is 0. The summed E-state index contributed by atoms with van der Waals surface area (Å²) in [4.78, 5) is 2.28. The Morgan fingerprint density at radius 2 is 1.23 bits per heavy atom. The van der Waals surface area contributed by atoms with Crippen molar-refractivity contribution in [3.63, 3.8) is 0 Å². The predicted octanol–water partition coefficient (Wildman–Crippen LogP) is 6.55. The van der Waals surface area contributed by atoms with Gasteiger partial charge in [-0.3, -0.25) is 0 Å². The molecule has 4 rings (SSSR count). The van der Waals surface area contributed by atoms with Crippen LogP contribution in [0.3, 0.4) is 0 Å². The van der Waals surface area contributed by atoms with Crippen molar-refractivity contribution in [2.24, 2.45) is 0 Å². The first kappa shape index (κ1) is 21.7. The summed E-state index contributed by atoms with van der Waals surface area (Å²) in [5.41, 5.74) is 8.90. The van der Waals surface area contributed by atoms with E-state index >= 15 is 0 Å². The molecular formula is C27H25IrN2-. The first-order valence-corrected chi connectivity index (χ1v) is 9.74. The van der Waals surface area contributed by atoms with Gasteiger partial charge in [0.15, 0.2) is 0 Å². The normalized spacial score (nSPS) is 10.3. The molecule has 0 aliphatic rings. The average Bonchev–Trinajstić information content (AvgIpc) is 2.73. The Kier molecular flexibility index (Phi) is 6.66. The van der Waals surface area contributed by atoms with Crippen LogP contribution < -0.4 is 9.47 Å². The molecule has 0 saturated carbocycles. The number of benzene rings is 3. The molecule has 1 aromatic heterocycles. The van der Waals surface area contributed by atoms with Crippen molar-refractivity contribution in [1.29, 1.82) is 0 Å². The zero-order chi connectivity index (χ0) is 20.4. The Hall–Kier alpha value is -3.00. The minimum Gasteiger partial charge on any atom is -0.343 e. The van der Waals surface area contributed by atoms with Crippen LogP contribution in [0.1, 0.15) is 16.7 Å². The van der Waals surface area contributed by atoms with Gasteiger partial charge in [-0.15, -0.1) is 5.56 Å². The second-order valence-electron chi connectivity index (χ2n) is 7.40. The van der Waals surface area contributed by atoms with E-state index in [1.54, 1.807) is 0 Å². The van der Waals surface area contributed by atoms with Crippen LogP contribution in [0.4, 0.5) is 17.1 Å². The summed E-state index contributed by atoms with van der Waals surface area (Å²) in [6.07, 6.45) is 1.96. The van der Waals surface area contributed by atoms with E-state index in [1.165, 1.54) is 11.1 Å². The van der Waals surface area contributed by atoms with Gasteiger partial charge in [0.05, 0.1) is 11.9 Å². The first-order valence-electron chi connectivity index (χ1n) is 9.74. The molecule has 30 heavy (non-hydrogen) atoms. The third-order valence-corrected chi connectivity index (χ3v) is 5.15. The van der Waals surface area contributed by atoms with Crippen molar-refractivity contribution in [3.8, 4) is 11.3 Å². The number of rotatable bonds is 4. The van der Waals surface area contributed by atoms with Gasteiger partial charge in [-0.05, 0) is 38.1 Å². The van der Waals surface area contributed by atoms with Crippen molar-refractivity contribution in [3.05, 3.63) is 122 Å². The molecular weight excluding hydrogens is 545 g/mol. The van der Waals surface area contributed by atoms with E-state index in [9.17, 15) is 0 Å². The molecule has 0 fully saturated rings. The SMILES string of the molecule is [CH2-]c1ccc(N(c2ccc(C)cc2)c2ccc(C)cc2)cc1-c1cccc[n+]1[CH2-].[Ir]. The number of aryl methyl sites for hydroxylation is 2. The van der Waals surface area contributed by atoms with Gasteiger partial charge in [-0.25, -0.2) is 0 Å². The molecule has 1 heterocycles. The molecule has 0 unspecified atom stereocenters. The first-order chi connectivity index (χ1) is 14.0. The van der Waals surface area contributed by atoms with Crippen molar-refractivity contribution < 1.29 is 24.7 Å². The van der Waals surface area contributed by atoms with E-state index in [1.807, 2.05) is 22.9 Å². The quantitative estimate of drug-likeness (QED) is 0.200. The Morgan fingerprint density at radius 3 is 1.77 bits per heavy atom. The third kappa shape index (κ3) is 4.43. The summed E-state index contributed by atoms with van der Waals surface area (Å²) in [5.74, 6) is 0. The maximum atomic E-state index is 4.25. The Bertz CT molecular complexity index is 1090. The van der Waals surface area contributed by atoms with Gasteiger partial charge in [-0.1, -0.05) is 65.7 Å². The zero-order valence-corrected chi connectivity index (χ0v) is 19.7. The number of anilines is 3. The van der Waals surface area contributed by atoms with Gasteiger partial charge >= 0.3 is 0 Å². The Balaban J connectivity index is 0.00000256. The summed E-state index contributed by atoms with van der Waals surface area (Å²) in [7, 11) is 4.12. The molecule has 0 N–H and O–H groups in total. The van der Waals surface area contributed by atoms with Crippen LogP contribution in [0.5, 0.6) is 0 Å². The predicted molar refractivity (Wildman–Crippen MR) is 121 cm³/mol. The molecule has 3 aromatic carbocycles. The van der Waals surface area contributed by atoms with Crippen LogP contribution in [0.2, 0.25) is 0 Å². The third-order valence-electron chi connectivity index (χ3n) is 5.15. The number of aromatic nitrogens is 1. The van der Waals surface area contributed by atoms with Crippen LogP contribution >= 0.6 is 0 Å². The number of hydrogen-bond donors (Lipinski definition) is 0. The summed E-state index contributed by atoms with van der Waals surface area (Å²) in [6.45, 7) is 8.47. The smallest absolute Gasteiger partial charge is 0.0686 e. The van der Waals surface area contributed by atoms with Gasteiger partial charge < -0.3 is 9.47 Å². The molecule has 1 radical (unpaired) electrons. The Labute approximate surface area is 193 Å². The molecule has 153 valence electrons. The fourth-order valence-electron chi connectivity index (χ4n) is 3.50. The van der Waals surface area contributed by atoms with Gasteiger partial charge in [0.1, 0.15) is 0 Å². The molecule has 0 amide bonds. The monoisotopic (exact) mass is 570 g/mol. The summed E-state index contributed by atoms with van der Waals surface area (Å²) >= 11 is 0. The van der Waals surface area contributed by atoms with Gasteiger partial charge in [0, 0.05) is 44.2 Å². The topological polar surface area (TPSA) is 7.12 Å². The average molecular weight is 570 g/mol. The minimum absolute atomic E-state index is 0. The molecule has 0 atom stereocenters. The number of nitrogens with zero attached hydrogens (tertiary/aromatic N) is 2. The van der Waals surface area contributed by atoms with Gasteiger partial charge in [0.2, 0.25) is 0 Å². The fourth-order valence-corrected chi connectivity index (χ4v) is 3.50. The maximum absolute atomic E-state index is 4.25. The second kappa shape index (κ2) is 9.21. The number of pyridine rings is 1. The standard InChI is InChI=1S/C27H25N2.Ir/c1-20-8-13-23(14-9-20)29(24-15-10-21(2)11-16-24)25-17-12-22(3)26(19-25)27-7-5-6-18-28(27)4;/h5-19H,3-4H2,1-2H3;/q-1;. The molecule has 0 spiro atoms. The van der Waals surface area contributed by atoms with Crippen molar-refractivity contribution >= 4 is 17.1 Å². The summed E-state index contributed by atoms with van der Waals surface area (Å²) in [5, 5.41) is 0. The molecule has 0 aliphatic carbocycles. The van der Waals surface area contributed by atoms with E-state index in [2.05, 4.69) is 106 Å². The van der Waals surface area contributed by atoms with E-state index in [-0.39, 0.29) is 20.1 Å². The van der Waals surface area contributed by atoms with E-state index in [0.29, 0.717) is 0 Å². The van der Waals surface area contributed by atoms with Crippen molar-refractivity contribution in [2.45, 2.75) is 13.8 Å². The maximum Gasteiger partial charge on any atom is 0.0686 e. The Morgan fingerprint density at radius 1 is 0.700 bits per heavy atom. The van der Waals surface area contributed by atoms with Gasteiger partial charge in [0.25, 0.3) is 0 Å². The molecule has 0 saturated heterocycles. The molecule has 0 aliphatic heterocycles. The molecule has 0 bridgehead atoms. The van der Waals surface area contributed by atoms with Crippen molar-refractivity contribution in [2.75, 3.05) is 4.90 Å². The second-order valence-corrected chi connectivity index (χ2v) is 7.40. The van der Waals surface area contributed by atoms with Crippen LogP contribution in [0.15, 0.2) is 91.1 Å². The van der Waals surface area contributed by atoms with Gasteiger partial charge in [-0.2, -0.15) is 18.6 Å². The molecule has 4 aromatic rings. The van der Waals surface area contributed by atoms with E-state index < -0.39 is 0 Å². The summed E-state index contributed by atoms with van der Waals surface area (Å²) < 4.78 is 1.88. The van der Waals surface area contributed by atoms with E-state index in [4.69, 9.17) is 0 Å².